The van der Waals surface area contributed by atoms with Crippen LogP contribution in [-0.4, -0.2) is 21.9 Å². The van der Waals surface area contributed by atoms with Gasteiger partial charge >= 0.3 is 12.4 Å². The fourth-order valence-corrected chi connectivity index (χ4v) is 3.58. The molecule has 0 spiro atoms. The minimum atomic E-state index is -5.05. The van der Waals surface area contributed by atoms with Crippen LogP contribution in [0.1, 0.15) is 32.7 Å². The molecule has 0 aliphatic rings. The third kappa shape index (κ3) is 6.02. The topological polar surface area (TPSA) is 25.2 Å². The molecular weight excluding hydrogens is 482 g/mol. The second-order valence-electron chi connectivity index (χ2n) is 7.49. The number of amides is 1. The summed E-state index contributed by atoms with van der Waals surface area (Å²) >= 11 is 6.21. The summed E-state index contributed by atoms with van der Waals surface area (Å²) in [6.07, 6.45) is -7.02. The lowest BCUT2D eigenvalue weighted by Crippen LogP contribution is -2.32. The van der Waals surface area contributed by atoms with Crippen LogP contribution < -0.4 is 0 Å². The van der Waals surface area contributed by atoms with Gasteiger partial charge in [0.25, 0.3) is 5.91 Å². The van der Waals surface area contributed by atoms with Gasteiger partial charge in [0.15, 0.2) is 0 Å². The van der Waals surface area contributed by atoms with E-state index >= 15 is 0 Å². The summed E-state index contributed by atoms with van der Waals surface area (Å²) in [7, 11) is 0. The third-order valence-electron chi connectivity index (χ3n) is 5.05. The van der Waals surface area contributed by atoms with Crippen LogP contribution in [0.4, 0.5) is 26.3 Å². The van der Waals surface area contributed by atoms with Gasteiger partial charge in [-0.25, -0.2) is 0 Å². The molecule has 0 N–H and O–H groups in total. The van der Waals surface area contributed by atoms with Gasteiger partial charge in [-0.05, 0) is 42.0 Å². The number of benzene rings is 2. The normalized spacial score (nSPS) is 12.0. The fourth-order valence-electron chi connectivity index (χ4n) is 3.39. The van der Waals surface area contributed by atoms with E-state index in [-0.39, 0.29) is 19.2 Å². The minimum absolute atomic E-state index is 0.0105. The van der Waals surface area contributed by atoms with Crippen LogP contribution in [0.2, 0.25) is 5.02 Å². The van der Waals surface area contributed by atoms with Gasteiger partial charge in [-0.3, -0.25) is 4.79 Å². The number of hydrogen-bond donors (Lipinski definition) is 0. The Morgan fingerprint density at radius 3 is 2.15 bits per heavy atom. The number of nitrogens with zero attached hydrogens (tertiary/aromatic N) is 2. The molecular formula is C24H19ClF6N2O. The second kappa shape index (κ2) is 9.97. The third-order valence-corrected chi connectivity index (χ3v) is 5.41. The largest absolute Gasteiger partial charge is 0.416 e. The molecule has 34 heavy (non-hydrogen) atoms. The van der Waals surface area contributed by atoms with E-state index in [1.54, 1.807) is 35.0 Å². The highest BCUT2D eigenvalue weighted by Gasteiger charge is 2.38. The number of carbonyl (C=O) groups excluding carboxylic acids is 1. The predicted molar refractivity (Wildman–Crippen MR) is 116 cm³/mol. The van der Waals surface area contributed by atoms with Crippen LogP contribution in [0.25, 0.3) is 0 Å². The molecule has 180 valence electrons. The number of carbonyl (C=O) groups is 1. The molecule has 3 nitrogen and oxygen atoms in total. The molecule has 0 fully saturated rings. The molecule has 0 unspecified atom stereocenters. The highest BCUT2D eigenvalue weighted by molar-refractivity contribution is 6.31. The van der Waals surface area contributed by atoms with Crippen molar-refractivity contribution in [3.63, 3.8) is 0 Å². The van der Waals surface area contributed by atoms with E-state index in [1.807, 2.05) is 12.1 Å². The quantitative estimate of drug-likeness (QED) is 0.252. The Bertz CT molecular complexity index is 1150. The van der Waals surface area contributed by atoms with Crippen molar-refractivity contribution in [2.45, 2.75) is 25.4 Å². The van der Waals surface area contributed by atoms with Crippen LogP contribution >= 0.6 is 11.6 Å². The summed E-state index contributed by atoms with van der Waals surface area (Å²) in [6.45, 7) is 3.74. The van der Waals surface area contributed by atoms with Crippen molar-refractivity contribution in [1.29, 1.82) is 0 Å². The number of halogens is 7. The lowest BCUT2D eigenvalue weighted by Gasteiger charge is -2.23. The van der Waals surface area contributed by atoms with Crippen LogP contribution in [0, 0.1) is 0 Å². The molecule has 0 radical (unpaired) electrons. The van der Waals surface area contributed by atoms with Crippen LogP contribution in [0.5, 0.6) is 0 Å². The van der Waals surface area contributed by atoms with Crippen molar-refractivity contribution in [3.05, 3.63) is 106 Å². The first kappa shape index (κ1) is 25.4. The zero-order valence-corrected chi connectivity index (χ0v) is 18.4. The first-order valence-electron chi connectivity index (χ1n) is 9.97. The Labute approximate surface area is 196 Å². The molecule has 0 saturated carbocycles. The van der Waals surface area contributed by atoms with E-state index in [2.05, 4.69) is 6.58 Å². The maximum absolute atomic E-state index is 13.2. The van der Waals surface area contributed by atoms with Crippen LogP contribution in [0.3, 0.4) is 0 Å². The van der Waals surface area contributed by atoms with E-state index in [4.69, 9.17) is 11.6 Å². The maximum Gasteiger partial charge on any atom is 0.416 e. The summed E-state index contributed by atoms with van der Waals surface area (Å²) in [5.41, 5.74) is -2.40. The van der Waals surface area contributed by atoms with Crippen molar-refractivity contribution in [2.24, 2.45) is 0 Å². The lowest BCUT2D eigenvalue weighted by molar-refractivity contribution is -0.143. The number of alkyl halides is 6. The molecule has 1 amide bonds. The van der Waals surface area contributed by atoms with Crippen molar-refractivity contribution < 1.29 is 31.1 Å². The Balaban J connectivity index is 1.94. The molecule has 1 aromatic heterocycles. The van der Waals surface area contributed by atoms with Crippen LogP contribution in [-0.2, 0) is 25.4 Å². The van der Waals surface area contributed by atoms with Gasteiger partial charge in [-0.15, -0.1) is 6.58 Å². The average molecular weight is 501 g/mol. The summed E-state index contributed by atoms with van der Waals surface area (Å²) in [4.78, 5) is 14.2. The molecule has 3 rings (SSSR count). The van der Waals surface area contributed by atoms with Crippen molar-refractivity contribution >= 4 is 17.5 Å². The summed E-state index contributed by atoms with van der Waals surface area (Å²) in [6, 6.07) is 11.4. The van der Waals surface area contributed by atoms with E-state index in [9.17, 15) is 31.1 Å². The summed E-state index contributed by atoms with van der Waals surface area (Å²) in [5.74, 6) is -0.984. The molecule has 2 aromatic carbocycles. The van der Waals surface area contributed by atoms with Gasteiger partial charge in [0.1, 0.15) is 0 Å². The lowest BCUT2D eigenvalue weighted by atomic mass is 10.0. The first-order valence-corrected chi connectivity index (χ1v) is 10.3. The van der Waals surface area contributed by atoms with Gasteiger partial charge in [0.2, 0.25) is 0 Å². The first-order chi connectivity index (χ1) is 15.9. The highest BCUT2D eigenvalue weighted by atomic mass is 35.5. The Kier molecular flexibility index (Phi) is 7.45. The molecule has 0 atom stereocenters. The predicted octanol–water partition coefficient (Wildman–Crippen LogP) is 7.06. The fraction of sp³-hybridized carbons (Fsp3) is 0.208. The van der Waals surface area contributed by atoms with Gasteiger partial charge in [0, 0.05) is 35.6 Å². The number of hydrogen-bond acceptors (Lipinski definition) is 1. The molecule has 0 saturated heterocycles. The maximum atomic E-state index is 13.2. The van der Waals surface area contributed by atoms with E-state index in [0.717, 1.165) is 10.5 Å². The van der Waals surface area contributed by atoms with E-state index in [0.29, 0.717) is 29.4 Å². The second-order valence-corrected chi connectivity index (χ2v) is 7.89. The summed E-state index contributed by atoms with van der Waals surface area (Å²) < 4.78 is 81.1. The van der Waals surface area contributed by atoms with Crippen molar-refractivity contribution in [3.8, 4) is 0 Å². The average Bonchev–Trinajstić information content (AvgIpc) is 3.19. The van der Waals surface area contributed by atoms with Gasteiger partial charge in [-0.2, -0.15) is 26.3 Å². The standard InChI is InChI=1S/C24H19ClF6N2O/c1-2-9-33(15-20-7-5-10-32(20)14-16-6-3-4-8-21(16)25)22(34)17-11-18(23(26,27)28)13-19(12-17)24(29,30)31/h2-8,10-13H,1,9,14-15H2. The van der Waals surface area contributed by atoms with Gasteiger partial charge < -0.3 is 9.47 Å². The zero-order chi connectivity index (χ0) is 25.1. The zero-order valence-electron chi connectivity index (χ0n) is 17.6. The molecule has 3 aromatic rings. The SMILES string of the molecule is C=CCN(Cc1cccn1Cc1ccccc1Cl)C(=O)c1cc(C(F)(F)F)cc(C(F)(F)F)c1. The van der Waals surface area contributed by atoms with Gasteiger partial charge in [0.05, 0.1) is 17.7 Å². The van der Waals surface area contributed by atoms with Crippen LogP contribution in [0.15, 0.2) is 73.4 Å². The Morgan fingerprint density at radius 2 is 1.59 bits per heavy atom. The van der Waals surface area contributed by atoms with E-state index < -0.39 is 35.0 Å². The molecule has 10 heteroatoms. The minimum Gasteiger partial charge on any atom is -0.345 e. The van der Waals surface area contributed by atoms with Crippen molar-refractivity contribution in [1.82, 2.24) is 9.47 Å². The van der Waals surface area contributed by atoms with Gasteiger partial charge in [-0.1, -0.05) is 35.9 Å². The molecule has 1 heterocycles. The molecule has 0 bridgehead atoms. The Hall–Kier alpha value is -3.20. The monoisotopic (exact) mass is 500 g/mol. The number of rotatable bonds is 7. The molecule has 0 aliphatic carbocycles. The highest BCUT2D eigenvalue weighted by Crippen LogP contribution is 2.36. The molecule has 0 aliphatic heterocycles. The smallest absolute Gasteiger partial charge is 0.345 e. The Morgan fingerprint density at radius 1 is 0.971 bits per heavy atom. The summed E-state index contributed by atoms with van der Waals surface area (Å²) in [5, 5.41) is 0.532. The van der Waals surface area contributed by atoms with Crippen molar-refractivity contribution in [2.75, 3.05) is 6.54 Å². The number of aromatic nitrogens is 1. The van der Waals surface area contributed by atoms with E-state index in [1.165, 1.54) is 6.08 Å².